The van der Waals surface area contributed by atoms with Gasteiger partial charge in [0, 0.05) is 29.7 Å². The summed E-state index contributed by atoms with van der Waals surface area (Å²) in [5.74, 6) is -0.0985. The lowest BCUT2D eigenvalue weighted by molar-refractivity contribution is -0.128. The van der Waals surface area contributed by atoms with Crippen molar-refractivity contribution in [2.45, 2.75) is 19.9 Å². The Bertz CT molecular complexity index is 952. The minimum Gasteiger partial charge on any atom is -0.336 e. The van der Waals surface area contributed by atoms with Crippen LogP contribution in [-0.4, -0.2) is 38.4 Å². The molecule has 3 aromatic rings. The predicted octanol–water partition coefficient (Wildman–Crippen LogP) is 2.83. The average Bonchev–Trinajstić information content (AvgIpc) is 3.38. The van der Waals surface area contributed by atoms with Crippen LogP contribution in [0.3, 0.4) is 0 Å². The van der Waals surface area contributed by atoms with E-state index in [-0.39, 0.29) is 18.2 Å². The van der Waals surface area contributed by atoms with Crippen LogP contribution < -0.4 is 5.32 Å². The fourth-order valence-electron chi connectivity index (χ4n) is 3.25. The molecule has 1 atom stereocenters. The van der Waals surface area contributed by atoms with Gasteiger partial charge in [0.05, 0.1) is 23.7 Å². The molecule has 1 aliphatic heterocycles. The van der Waals surface area contributed by atoms with Gasteiger partial charge in [-0.3, -0.25) is 19.7 Å². The van der Waals surface area contributed by atoms with Crippen LogP contribution in [0.15, 0.2) is 41.9 Å². The molecule has 0 bridgehead atoms. The third kappa shape index (κ3) is 3.61. The molecule has 1 fully saturated rings. The molecule has 0 aromatic carbocycles. The summed E-state index contributed by atoms with van der Waals surface area (Å²) in [5.41, 5.74) is 2.61. The fraction of sp³-hybridized carbons (Fsp3) is 0.263. The topological polar surface area (TPSA) is 91.0 Å². The van der Waals surface area contributed by atoms with Crippen molar-refractivity contribution in [1.29, 1.82) is 0 Å². The molecule has 0 spiro atoms. The SMILES string of the molecule is Cc1[nH]nc(NC(=O)C2CC(=O)N(Cc3ccccn3)C2)c1-c1cccs1. The third-order valence-corrected chi connectivity index (χ3v) is 5.51. The predicted molar refractivity (Wildman–Crippen MR) is 103 cm³/mol. The lowest BCUT2D eigenvalue weighted by Crippen LogP contribution is -2.28. The normalized spacial score (nSPS) is 16.7. The summed E-state index contributed by atoms with van der Waals surface area (Å²) >= 11 is 1.59. The van der Waals surface area contributed by atoms with Crippen LogP contribution in [0.25, 0.3) is 10.4 Å². The van der Waals surface area contributed by atoms with Crippen molar-refractivity contribution in [3.05, 3.63) is 53.3 Å². The molecule has 1 unspecified atom stereocenters. The number of aromatic amines is 1. The Hall–Kier alpha value is -3.00. The Morgan fingerprint density at radius 3 is 3.00 bits per heavy atom. The molecule has 2 N–H and O–H groups in total. The molecule has 2 amide bonds. The number of hydrogen-bond donors (Lipinski definition) is 2. The van der Waals surface area contributed by atoms with Crippen LogP contribution in [0.4, 0.5) is 5.82 Å². The van der Waals surface area contributed by atoms with Gasteiger partial charge in [0.15, 0.2) is 5.82 Å². The van der Waals surface area contributed by atoms with Crippen LogP contribution in [0.1, 0.15) is 17.8 Å². The number of pyridine rings is 1. The Kier molecular flexibility index (Phi) is 4.72. The van der Waals surface area contributed by atoms with E-state index < -0.39 is 5.92 Å². The van der Waals surface area contributed by atoms with Gasteiger partial charge in [0.1, 0.15) is 0 Å². The number of aryl methyl sites for hydroxylation is 1. The van der Waals surface area contributed by atoms with Gasteiger partial charge in [0.2, 0.25) is 11.8 Å². The second-order valence-electron chi connectivity index (χ2n) is 6.54. The first kappa shape index (κ1) is 17.4. The summed E-state index contributed by atoms with van der Waals surface area (Å²) in [6.07, 6.45) is 1.91. The zero-order valence-electron chi connectivity index (χ0n) is 14.8. The lowest BCUT2D eigenvalue weighted by Gasteiger charge is -2.16. The van der Waals surface area contributed by atoms with Gasteiger partial charge in [-0.1, -0.05) is 12.1 Å². The van der Waals surface area contributed by atoms with Crippen LogP contribution >= 0.6 is 11.3 Å². The maximum Gasteiger partial charge on any atom is 0.231 e. The highest BCUT2D eigenvalue weighted by Crippen LogP contribution is 2.33. The molecule has 0 saturated carbocycles. The van der Waals surface area contributed by atoms with Crippen molar-refractivity contribution in [2.75, 3.05) is 11.9 Å². The number of hydrogen-bond acceptors (Lipinski definition) is 5. The number of rotatable bonds is 5. The highest BCUT2D eigenvalue weighted by Gasteiger charge is 2.35. The first-order valence-electron chi connectivity index (χ1n) is 8.69. The molecule has 3 aromatic heterocycles. The number of anilines is 1. The van der Waals surface area contributed by atoms with E-state index in [0.717, 1.165) is 21.8 Å². The number of H-pyrrole nitrogens is 1. The van der Waals surface area contributed by atoms with Crippen molar-refractivity contribution in [1.82, 2.24) is 20.1 Å². The Morgan fingerprint density at radius 2 is 2.26 bits per heavy atom. The fourth-order valence-corrected chi connectivity index (χ4v) is 4.08. The Morgan fingerprint density at radius 1 is 1.37 bits per heavy atom. The van der Waals surface area contributed by atoms with Gasteiger partial charge in [-0.15, -0.1) is 11.3 Å². The Labute approximate surface area is 160 Å². The van der Waals surface area contributed by atoms with Gasteiger partial charge >= 0.3 is 0 Å². The second kappa shape index (κ2) is 7.32. The lowest BCUT2D eigenvalue weighted by atomic mass is 10.1. The smallest absolute Gasteiger partial charge is 0.231 e. The summed E-state index contributed by atoms with van der Waals surface area (Å²) < 4.78 is 0. The van der Waals surface area contributed by atoms with Crippen molar-refractivity contribution >= 4 is 29.0 Å². The van der Waals surface area contributed by atoms with E-state index in [9.17, 15) is 9.59 Å². The molecule has 4 heterocycles. The van der Waals surface area contributed by atoms with Crippen molar-refractivity contribution in [2.24, 2.45) is 5.92 Å². The van der Waals surface area contributed by atoms with E-state index >= 15 is 0 Å². The van der Waals surface area contributed by atoms with Gasteiger partial charge < -0.3 is 10.2 Å². The molecule has 1 aliphatic rings. The van der Waals surface area contributed by atoms with E-state index in [1.807, 2.05) is 42.6 Å². The maximum absolute atomic E-state index is 12.7. The summed E-state index contributed by atoms with van der Waals surface area (Å²) in [4.78, 5) is 32.0. The summed E-state index contributed by atoms with van der Waals surface area (Å²) in [7, 11) is 0. The molecule has 8 heteroatoms. The summed E-state index contributed by atoms with van der Waals surface area (Å²) in [6.45, 7) is 2.73. The van der Waals surface area contributed by atoms with Crippen molar-refractivity contribution in [3.63, 3.8) is 0 Å². The Balaban J connectivity index is 1.45. The minimum atomic E-state index is -0.394. The van der Waals surface area contributed by atoms with Crippen LogP contribution in [0.5, 0.6) is 0 Å². The summed E-state index contributed by atoms with van der Waals surface area (Å²) in [5, 5.41) is 12.0. The number of aromatic nitrogens is 3. The number of likely N-dealkylation sites (tertiary alicyclic amines) is 1. The van der Waals surface area contributed by atoms with Gasteiger partial charge in [0.25, 0.3) is 0 Å². The number of thiophene rings is 1. The molecule has 0 aliphatic carbocycles. The van der Waals surface area contributed by atoms with E-state index in [1.54, 1.807) is 22.4 Å². The first-order chi connectivity index (χ1) is 13.1. The van der Waals surface area contributed by atoms with Crippen LogP contribution in [-0.2, 0) is 16.1 Å². The van der Waals surface area contributed by atoms with E-state index in [4.69, 9.17) is 0 Å². The highest BCUT2D eigenvalue weighted by atomic mass is 32.1. The third-order valence-electron chi connectivity index (χ3n) is 4.62. The van der Waals surface area contributed by atoms with Gasteiger partial charge in [-0.05, 0) is 30.5 Å². The number of nitrogens with zero attached hydrogens (tertiary/aromatic N) is 3. The van der Waals surface area contributed by atoms with Crippen LogP contribution in [0, 0.1) is 12.8 Å². The first-order valence-corrected chi connectivity index (χ1v) is 9.57. The van der Waals surface area contributed by atoms with E-state index in [1.165, 1.54) is 0 Å². The van der Waals surface area contributed by atoms with Crippen molar-refractivity contribution < 1.29 is 9.59 Å². The molecular formula is C19H19N5O2S. The standard InChI is InChI=1S/C19H19N5O2S/c1-12-17(15-6-4-8-27-15)18(23-22-12)21-19(26)13-9-16(25)24(10-13)11-14-5-2-3-7-20-14/h2-8,13H,9-11H2,1H3,(H2,21,22,23,26). The molecule has 27 heavy (non-hydrogen) atoms. The zero-order chi connectivity index (χ0) is 18.8. The van der Waals surface area contributed by atoms with Gasteiger partial charge in [-0.2, -0.15) is 5.10 Å². The number of amides is 2. The van der Waals surface area contributed by atoms with Crippen LogP contribution in [0.2, 0.25) is 0 Å². The monoisotopic (exact) mass is 381 g/mol. The number of nitrogens with one attached hydrogen (secondary N) is 2. The molecule has 1 saturated heterocycles. The zero-order valence-corrected chi connectivity index (χ0v) is 15.6. The molecule has 7 nitrogen and oxygen atoms in total. The van der Waals surface area contributed by atoms with E-state index in [0.29, 0.717) is 18.9 Å². The molecule has 138 valence electrons. The quantitative estimate of drug-likeness (QED) is 0.711. The highest BCUT2D eigenvalue weighted by molar-refractivity contribution is 7.13. The molecule has 4 rings (SSSR count). The molecule has 0 radical (unpaired) electrons. The minimum absolute atomic E-state index is 0.0301. The summed E-state index contributed by atoms with van der Waals surface area (Å²) in [6, 6.07) is 9.55. The largest absolute Gasteiger partial charge is 0.336 e. The average molecular weight is 381 g/mol. The second-order valence-corrected chi connectivity index (χ2v) is 7.48. The number of carbonyl (C=O) groups excluding carboxylic acids is 2. The van der Waals surface area contributed by atoms with E-state index in [2.05, 4.69) is 20.5 Å². The van der Waals surface area contributed by atoms with Gasteiger partial charge in [-0.25, -0.2) is 0 Å². The molecular weight excluding hydrogens is 362 g/mol. The van der Waals surface area contributed by atoms with Crippen molar-refractivity contribution in [3.8, 4) is 10.4 Å². The maximum atomic E-state index is 12.7. The number of carbonyl (C=O) groups is 2.